The lowest BCUT2D eigenvalue weighted by molar-refractivity contribution is 0.198. The molecule has 10 nitrogen and oxygen atoms in total. The van der Waals surface area contributed by atoms with E-state index in [9.17, 15) is 0 Å². The fourth-order valence-corrected chi connectivity index (χ4v) is 1.15. The number of hydrogen-bond acceptors (Lipinski definition) is 6. The van der Waals surface area contributed by atoms with E-state index in [0.29, 0.717) is 6.67 Å². The molecule has 1 rings (SSSR count). The first-order valence-corrected chi connectivity index (χ1v) is 4.25. The van der Waals surface area contributed by atoms with Crippen molar-refractivity contribution < 1.29 is 0 Å². The summed E-state index contributed by atoms with van der Waals surface area (Å²) in [5.41, 5.74) is 16.4. The van der Waals surface area contributed by atoms with Crippen molar-refractivity contribution in [1.29, 1.82) is 0 Å². The van der Waals surface area contributed by atoms with Crippen LogP contribution >= 0.6 is 0 Å². The molecule has 0 spiro atoms. The second-order valence-corrected chi connectivity index (χ2v) is 2.92. The Kier molecular flexibility index (Phi) is 3.76. The molecule has 1 aliphatic heterocycles. The van der Waals surface area contributed by atoms with E-state index in [1.54, 1.807) is 0 Å². The van der Waals surface area contributed by atoms with Crippen LogP contribution in [-0.4, -0.2) is 41.7 Å². The van der Waals surface area contributed by atoms with Gasteiger partial charge in [-0.15, -0.1) is 10.2 Å². The van der Waals surface area contributed by atoms with Gasteiger partial charge in [0.15, 0.2) is 0 Å². The molecule has 0 saturated carbocycles. The summed E-state index contributed by atoms with van der Waals surface area (Å²) in [6, 6.07) is 0. The molecule has 1 fully saturated rings. The van der Waals surface area contributed by atoms with Crippen LogP contribution in [0.5, 0.6) is 0 Å². The third kappa shape index (κ3) is 3.36. The Hall–Kier alpha value is -1.94. The highest BCUT2D eigenvalue weighted by molar-refractivity contribution is 5.77. The Morgan fingerprint density at radius 2 is 1.33 bits per heavy atom. The third-order valence-electron chi connectivity index (χ3n) is 1.80. The van der Waals surface area contributed by atoms with E-state index in [4.69, 9.17) is 23.2 Å². The fraction of sp³-hybridized carbons (Fsp3) is 0.600. The maximum atomic E-state index is 5.39. The first-order chi connectivity index (χ1) is 7.15. The van der Waals surface area contributed by atoms with E-state index in [-0.39, 0.29) is 11.9 Å². The zero-order chi connectivity index (χ0) is 11.3. The van der Waals surface area contributed by atoms with Gasteiger partial charge in [0, 0.05) is 13.1 Å². The van der Waals surface area contributed by atoms with Gasteiger partial charge in [-0.2, -0.15) is 0 Å². The molecular weight excluding hydrogens is 200 g/mol. The molecular formula is C5H16N10. The second-order valence-electron chi connectivity index (χ2n) is 2.92. The van der Waals surface area contributed by atoms with Crippen LogP contribution in [0.2, 0.25) is 0 Å². The number of guanidine groups is 2. The van der Waals surface area contributed by atoms with E-state index < -0.39 is 0 Å². The second kappa shape index (κ2) is 5.07. The largest absolute Gasteiger partial charge is 0.367 e. The molecule has 86 valence electrons. The minimum absolute atomic E-state index is 0.150. The molecule has 10 heteroatoms. The molecule has 15 heavy (non-hydrogen) atoms. The minimum Gasteiger partial charge on any atom is -0.367 e. The molecule has 10 N–H and O–H groups in total. The molecule has 0 bridgehead atoms. The Morgan fingerprint density at radius 1 is 0.933 bits per heavy atom. The van der Waals surface area contributed by atoms with Crippen LogP contribution < -0.4 is 34.0 Å². The van der Waals surface area contributed by atoms with E-state index >= 15 is 0 Å². The highest BCUT2D eigenvalue weighted by Crippen LogP contribution is 1.97. The average Bonchev–Trinajstić information content (AvgIpc) is 2.65. The molecule has 0 aromatic rings. The molecule has 0 atom stereocenters. The minimum atomic E-state index is 0.150. The summed E-state index contributed by atoms with van der Waals surface area (Å²) >= 11 is 0. The predicted molar refractivity (Wildman–Crippen MR) is 56.2 cm³/mol. The number of hydrogen-bond donors (Lipinski definition) is 6. The van der Waals surface area contributed by atoms with Crippen LogP contribution in [0.1, 0.15) is 0 Å². The van der Waals surface area contributed by atoms with Crippen molar-refractivity contribution in [2.24, 2.45) is 33.4 Å². The quantitative estimate of drug-likeness (QED) is 0.118. The normalized spacial score (nSPS) is 20.5. The van der Waals surface area contributed by atoms with Crippen molar-refractivity contribution in [3.05, 3.63) is 0 Å². The van der Waals surface area contributed by atoms with Gasteiger partial charge >= 0.3 is 0 Å². The van der Waals surface area contributed by atoms with Gasteiger partial charge in [-0.1, -0.05) is 0 Å². The highest BCUT2D eigenvalue weighted by Gasteiger charge is 2.20. The highest BCUT2D eigenvalue weighted by atomic mass is 15.7. The third-order valence-corrected chi connectivity index (χ3v) is 1.80. The summed E-state index contributed by atoms with van der Waals surface area (Å²) in [7, 11) is 0. The number of nitrogens with two attached hydrogens (primary N) is 4. The standard InChI is InChI=1S/C5H16N10/c6-4(10-8)12-14-1-2-15(3-14)13-5(7)11-9/h1-3,8-9H2,(H3,6,10,12)(H3,7,11,13). The molecule has 0 aromatic carbocycles. The van der Waals surface area contributed by atoms with Crippen molar-refractivity contribution in [3.63, 3.8) is 0 Å². The van der Waals surface area contributed by atoms with Gasteiger partial charge in [0.05, 0.1) is 6.67 Å². The Morgan fingerprint density at radius 3 is 1.67 bits per heavy atom. The van der Waals surface area contributed by atoms with Crippen molar-refractivity contribution >= 4 is 11.9 Å². The van der Waals surface area contributed by atoms with Crippen LogP contribution in [0.4, 0.5) is 0 Å². The maximum Gasteiger partial charge on any atom is 0.225 e. The van der Waals surface area contributed by atoms with Crippen LogP contribution in [0.25, 0.3) is 0 Å². The smallest absolute Gasteiger partial charge is 0.225 e. The van der Waals surface area contributed by atoms with E-state index in [2.05, 4.69) is 21.1 Å². The van der Waals surface area contributed by atoms with Gasteiger partial charge in [-0.3, -0.25) is 10.9 Å². The summed E-state index contributed by atoms with van der Waals surface area (Å²) < 4.78 is 0. The molecule has 0 aromatic heterocycles. The first kappa shape index (κ1) is 11.1. The van der Waals surface area contributed by atoms with Crippen LogP contribution in [0, 0.1) is 0 Å². The van der Waals surface area contributed by atoms with Gasteiger partial charge in [-0.05, 0) is 0 Å². The van der Waals surface area contributed by atoms with Crippen LogP contribution in [0.15, 0.2) is 10.2 Å². The molecule has 1 heterocycles. The van der Waals surface area contributed by atoms with Crippen LogP contribution in [-0.2, 0) is 0 Å². The Bertz CT molecular complexity index is 233. The van der Waals surface area contributed by atoms with Crippen molar-refractivity contribution in [2.75, 3.05) is 19.8 Å². The topological polar surface area (TPSA) is 159 Å². The Labute approximate surface area is 86.8 Å². The summed E-state index contributed by atoms with van der Waals surface area (Å²) in [5, 5.41) is 10.2. The molecule has 1 saturated heterocycles. The zero-order valence-corrected chi connectivity index (χ0v) is 8.22. The van der Waals surface area contributed by atoms with Crippen molar-refractivity contribution in [3.8, 4) is 0 Å². The molecule has 0 aliphatic carbocycles. The summed E-state index contributed by atoms with van der Waals surface area (Å²) in [4.78, 5) is 0. The predicted octanol–water partition coefficient (Wildman–Crippen LogP) is -4.05. The average molecular weight is 216 g/mol. The zero-order valence-electron chi connectivity index (χ0n) is 8.22. The monoisotopic (exact) mass is 216 g/mol. The molecule has 0 amide bonds. The molecule has 0 unspecified atom stereocenters. The maximum absolute atomic E-state index is 5.39. The fourth-order valence-electron chi connectivity index (χ4n) is 1.15. The van der Waals surface area contributed by atoms with Gasteiger partial charge in [0.25, 0.3) is 0 Å². The van der Waals surface area contributed by atoms with Crippen LogP contribution in [0.3, 0.4) is 0 Å². The van der Waals surface area contributed by atoms with E-state index in [1.807, 2.05) is 10.0 Å². The first-order valence-electron chi connectivity index (χ1n) is 4.25. The number of nitrogens with one attached hydrogen (secondary N) is 2. The lowest BCUT2D eigenvalue weighted by Crippen LogP contribution is -2.49. The lowest BCUT2D eigenvalue weighted by atomic mass is 10.7. The molecule has 1 aliphatic rings. The van der Waals surface area contributed by atoms with Gasteiger partial charge < -0.3 is 23.2 Å². The molecule has 0 radical (unpaired) electrons. The number of nitrogens with zero attached hydrogens (tertiary/aromatic N) is 4. The summed E-state index contributed by atoms with van der Waals surface area (Å²) in [6.07, 6.45) is 0. The van der Waals surface area contributed by atoms with Gasteiger partial charge in [-0.25, -0.2) is 10.0 Å². The summed E-state index contributed by atoms with van der Waals surface area (Å²) in [5.74, 6) is 10.3. The number of hydrazine groups is 2. The van der Waals surface area contributed by atoms with E-state index in [0.717, 1.165) is 13.1 Å². The van der Waals surface area contributed by atoms with Gasteiger partial charge in [0.1, 0.15) is 0 Å². The summed E-state index contributed by atoms with van der Waals surface area (Å²) in [6.45, 7) is 2.02. The lowest BCUT2D eigenvalue weighted by Gasteiger charge is -2.19. The SMILES string of the molecule is N/N=C(\N)NN1CCN(N/C(N)=N/N)C1. The van der Waals surface area contributed by atoms with E-state index in [1.165, 1.54) is 0 Å². The van der Waals surface area contributed by atoms with Crippen molar-refractivity contribution in [1.82, 2.24) is 20.9 Å². The number of hydrazone groups is 2. The Balaban J connectivity index is 2.33. The van der Waals surface area contributed by atoms with Crippen molar-refractivity contribution in [2.45, 2.75) is 0 Å². The van der Waals surface area contributed by atoms with Gasteiger partial charge in [0.2, 0.25) is 11.9 Å². The number of rotatable bonds is 2.